The number of benzene rings is 1. The van der Waals surface area contributed by atoms with E-state index in [4.69, 9.17) is 9.84 Å². The SMILES string of the molecule is CC1Oc2c(F)cc(Br)cc2CC1C(=O)O. The number of hydrogen-bond donors (Lipinski definition) is 1. The lowest BCUT2D eigenvalue weighted by atomic mass is 9.91. The van der Waals surface area contributed by atoms with Crippen LogP contribution in [0.5, 0.6) is 5.75 Å². The van der Waals surface area contributed by atoms with Crippen molar-refractivity contribution in [3.8, 4) is 5.75 Å². The molecular weight excluding hydrogens is 279 g/mol. The van der Waals surface area contributed by atoms with Crippen molar-refractivity contribution in [1.29, 1.82) is 0 Å². The van der Waals surface area contributed by atoms with Crippen molar-refractivity contribution in [2.24, 2.45) is 5.92 Å². The van der Waals surface area contributed by atoms with E-state index in [-0.39, 0.29) is 5.75 Å². The van der Waals surface area contributed by atoms with Gasteiger partial charge in [0.2, 0.25) is 0 Å². The molecule has 0 aliphatic carbocycles. The zero-order chi connectivity index (χ0) is 11.9. The first-order valence-corrected chi connectivity index (χ1v) is 5.65. The Bertz CT molecular complexity index is 447. The van der Waals surface area contributed by atoms with Crippen LogP contribution in [-0.2, 0) is 11.2 Å². The quantitative estimate of drug-likeness (QED) is 0.864. The van der Waals surface area contributed by atoms with E-state index in [1.165, 1.54) is 6.07 Å². The minimum Gasteiger partial charge on any atom is -0.486 e. The molecule has 86 valence electrons. The van der Waals surface area contributed by atoms with E-state index in [1.807, 2.05) is 0 Å². The van der Waals surface area contributed by atoms with Crippen molar-refractivity contribution >= 4 is 21.9 Å². The fourth-order valence-electron chi connectivity index (χ4n) is 1.86. The third kappa shape index (κ3) is 1.91. The van der Waals surface area contributed by atoms with Crippen LogP contribution in [-0.4, -0.2) is 17.2 Å². The lowest BCUT2D eigenvalue weighted by Gasteiger charge is -2.29. The molecule has 2 atom stereocenters. The first kappa shape index (κ1) is 11.4. The largest absolute Gasteiger partial charge is 0.486 e. The number of halogens is 2. The van der Waals surface area contributed by atoms with Crippen LogP contribution in [0.2, 0.25) is 0 Å². The van der Waals surface area contributed by atoms with Gasteiger partial charge in [-0.2, -0.15) is 0 Å². The Labute approximate surface area is 100 Å². The summed E-state index contributed by atoms with van der Waals surface area (Å²) in [4.78, 5) is 11.0. The molecule has 1 N–H and O–H groups in total. The zero-order valence-corrected chi connectivity index (χ0v) is 10.1. The lowest BCUT2D eigenvalue weighted by molar-refractivity contribution is -0.145. The van der Waals surface area contributed by atoms with Gasteiger partial charge in [0.05, 0.1) is 5.92 Å². The molecular formula is C11H10BrFO3. The van der Waals surface area contributed by atoms with Gasteiger partial charge in [-0.3, -0.25) is 4.79 Å². The van der Waals surface area contributed by atoms with Crippen LogP contribution in [0.4, 0.5) is 4.39 Å². The van der Waals surface area contributed by atoms with Crippen LogP contribution < -0.4 is 4.74 Å². The minimum atomic E-state index is -0.918. The Hall–Kier alpha value is -1.10. The van der Waals surface area contributed by atoms with Crippen LogP contribution in [0.15, 0.2) is 16.6 Å². The van der Waals surface area contributed by atoms with Crippen LogP contribution in [0.3, 0.4) is 0 Å². The zero-order valence-electron chi connectivity index (χ0n) is 8.54. The third-order valence-corrected chi connectivity index (χ3v) is 3.17. The summed E-state index contributed by atoms with van der Waals surface area (Å²) in [6, 6.07) is 3.01. The van der Waals surface area contributed by atoms with E-state index in [9.17, 15) is 9.18 Å². The highest BCUT2D eigenvalue weighted by molar-refractivity contribution is 9.10. The fourth-order valence-corrected chi connectivity index (χ4v) is 2.33. The number of carbonyl (C=O) groups is 1. The van der Waals surface area contributed by atoms with Gasteiger partial charge in [-0.1, -0.05) is 15.9 Å². The topological polar surface area (TPSA) is 46.5 Å². The monoisotopic (exact) mass is 288 g/mol. The predicted octanol–water partition coefficient (Wildman–Crippen LogP) is 2.61. The Kier molecular flexibility index (Phi) is 2.88. The summed E-state index contributed by atoms with van der Waals surface area (Å²) in [6.45, 7) is 1.64. The molecule has 0 fully saturated rings. The van der Waals surface area contributed by atoms with Crippen molar-refractivity contribution in [1.82, 2.24) is 0 Å². The summed E-state index contributed by atoms with van der Waals surface area (Å²) in [5.41, 5.74) is 0.595. The van der Waals surface area contributed by atoms with Crippen LogP contribution >= 0.6 is 15.9 Å². The number of carboxylic acid groups (broad SMARTS) is 1. The highest BCUT2D eigenvalue weighted by atomic mass is 79.9. The number of rotatable bonds is 1. The molecule has 1 aromatic rings. The fraction of sp³-hybridized carbons (Fsp3) is 0.364. The van der Waals surface area contributed by atoms with E-state index < -0.39 is 23.8 Å². The summed E-state index contributed by atoms with van der Waals surface area (Å²) in [7, 11) is 0. The molecule has 3 nitrogen and oxygen atoms in total. The first-order valence-electron chi connectivity index (χ1n) is 4.86. The maximum Gasteiger partial charge on any atom is 0.310 e. The molecule has 5 heteroatoms. The summed E-state index contributed by atoms with van der Waals surface area (Å²) in [5, 5.41) is 8.99. The highest BCUT2D eigenvalue weighted by Gasteiger charge is 2.33. The second kappa shape index (κ2) is 4.05. The van der Waals surface area contributed by atoms with Gasteiger partial charge in [0.25, 0.3) is 0 Å². The Morgan fingerprint density at radius 2 is 2.31 bits per heavy atom. The smallest absolute Gasteiger partial charge is 0.310 e. The second-order valence-electron chi connectivity index (χ2n) is 3.85. The van der Waals surface area contributed by atoms with Crippen molar-refractivity contribution in [2.45, 2.75) is 19.4 Å². The van der Waals surface area contributed by atoms with Crippen LogP contribution in [0.25, 0.3) is 0 Å². The van der Waals surface area contributed by atoms with Gasteiger partial charge in [-0.05, 0) is 31.0 Å². The number of hydrogen-bond acceptors (Lipinski definition) is 2. The maximum atomic E-state index is 13.5. The summed E-state index contributed by atoms with van der Waals surface area (Å²) >= 11 is 3.17. The Morgan fingerprint density at radius 1 is 1.62 bits per heavy atom. The molecule has 1 aliphatic rings. The Morgan fingerprint density at radius 3 is 2.94 bits per heavy atom. The van der Waals surface area contributed by atoms with E-state index in [0.29, 0.717) is 16.5 Å². The molecule has 1 aromatic carbocycles. The maximum absolute atomic E-state index is 13.5. The molecule has 1 aliphatic heterocycles. The predicted molar refractivity (Wildman–Crippen MR) is 59.0 cm³/mol. The van der Waals surface area contributed by atoms with Crippen molar-refractivity contribution in [3.05, 3.63) is 28.0 Å². The van der Waals surface area contributed by atoms with Gasteiger partial charge >= 0.3 is 5.97 Å². The number of aliphatic carboxylic acids is 1. The van der Waals surface area contributed by atoms with Gasteiger partial charge in [0.1, 0.15) is 6.10 Å². The molecule has 0 saturated carbocycles. The van der Waals surface area contributed by atoms with Gasteiger partial charge in [0.15, 0.2) is 11.6 Å². The molecule has 0 aromatic heterocycles. The highest BCUT2D eigenvalue weighted by Crippen LogP contribution is 2.35. The minimum absolute atomic E-state index is 0.174. The first-order chi connectivity index (χ1) is 7.49. The van der Waals surface area contributed by atoms with Gasteiger partial charge in [0, 0.05) is 4.47 Å². The second-order valence-corrected chi connectivity index (χ2v) is 4.76. The summed E-state index contributed by atoms with van der Waals surface area (Å²) in [5.74, 6) is -1.83. The van der Waals surface area contributed by atoms with Crippen molar-refractivity contribution < 1.29 is 19.0 Å². The van der Waals surface area contributed by atoms with E-state index in [1.54, 1.807) is 13.0 Å². The molecule has 1 heterocycles. The molecule has 0 radical (unpaired) electrons. The van der Waals surface area contributed by atoms with Gasteiger partial charge in [-0.25, -0.2) is 4.39 Å². The number of ether oxygens (including phenoxy) is 1. The van der Waals surface area contributed by atoms with Gasteiger partial charge < -0.3 is 9.84 Å². The number of fused-ring (bicyclic) bond motifs is 1. The average Bonchev–Trinajstić information content (AvgIpc) is 2.18. The molecule has 2 rings (SSSR count). The average molecular weight is 289 g/mol. The molecule has 0 bridgehead atoms. The molecule has 0 spiro atoms. The third-order valence-electron chi connectivity index (χ3n) is 2.71. The van der Waals surface area contributed by atoms with Gasteiger partial charge in [-0.15, -0.1) is 0 Å². The standard InChI is InChI=1S/C11H10BrFO3/c1-5-8(11(14)15)3-6-2-7(12)4-9(13)10(6)16-5/h2,4-5,8H,3H2,1H3,(H,14,15). The van der Waals surface area contributed by atoms with E-state index in [0.717, 1.165) is 0 Å². The molecule has 16 heavy (non-hydrogen) atoms. The van der Waals surface area contributed by atoms with E-state index >= 15 is 0 Å². The lowest BCUT2D eigenvalue weighted by Crippen LogP contribution is -2.36. The molecule has 0 amide bonds. The normalized spacial score (nSPS) is 23.4. The van der Waals surface area contributed by atoms with Crippen molar-refractivity contribution in [2.75, 3.05) is 0 Å². The summed E-state index contributed by atoms with van der Waals surface area (Å²) in [6.07, 6.45) is -0.219. The Balaban J connectivity index is 2.43. The summed E-state index contributed by atoms with van der Waals surface area (Å²) < 4.78 is 19.4. The molecule has 0 saturated heterocycles. The van der Waals surface area contributed by atoms with Crippen LogP contribution in [0, 0.1) is 11.7 Å². The number of carboxylic acids is 1. The van der Waals surface area contributed by atoms with Crippen molar-refractivity contribution in [3.63, 3.8) is 0 Å². The van der Waals surface area contributed by atoms with Crippen LogP contribution in [0.1, 0.15) is 12.5 Å². The van der Waals surface area contributed by atoms with E-state index in [2.05, 4.69) is 15.9 Å². The molecule has 2 unspecified atom stereocenters.